The van der Waals surface area contributed by atoms with E-state index in [9.17, 15) is 4.79 Å². The molecular weight excluding hydrogens is 288 g/mol. The third-order valence-electron chi connectivity index (χ3n) is 3.78. The van der Waals surface area contributed by atoms with Gasteiger partial charge in [0.05, 0.1) is 5.69 Å². The number of nitrogens with one attached hydrogen (secondary N) is 1. The SMILES string of the molecule is CNCc1ccccc1-c1cccc2nc(C(=O)N(C)C)cn12. The molecule has 1 aromatic carbocycles. The van der Waals surface area contributed by atoms with Crippen molar-refractivity contribution in [2.24, 2.45) is 0 Å². The fourth-order valence-corrected chi connectivity index (χ4v) is 2.68. The second kappa shape index (κ2) is 6.22. The van der Waals surface area contributed by atoms with Crippen LogP contribution in [0.4, 0.5) is 0 Å². The standard InChI is InChI=1S/C18H20N4O/c1-19-11-13-7-4-5-8-14(13)16-9-6-10-17-20-15(12-22(16)17)18(23)21(2)3/h4-10,12,19H,11H2,1-3H3. The topological polar surface area (TPSA) is 49.6 Å². The molecule has 3 aromatic rings. The van der Waals surface area contributed by atoms with E-state index in [1.54, 1.807) is 14.1 Å². The van der Waals surface area contributed by atoms with Crippen LogP contribution < -0.4 is 5.32 Å². The number of rotatable bonds is 4. The number of amides is 1. The molecular formula is C18H20N4O. The second-order valence-electron chi connectivity index (χ2n) is 5.65. The summed E-state index contributed by atoms with van der Waals surface area (Å²) in [7, 11) is 5.40. The average Bonchev–Trinajstić information content (AvgIpc) is 2.99. The monoisotopic (exact) mass is 308 g/mol. The van der Waals surface area contributed by atoms with E-state index in [0.717, 1.165) is 23.4 Å². The maximum absolute atomic E-state index is 12.2. The highest BCUT2D eigenvalue weighted by atomic mass is 16.2. The molecule has 5 nitrogen and oxygen atoms in total. The molecule has 118 valence electrons. The molecule has 5 heteroatoms. The number of hydrogen-bond donors (Lipinski definition) is 1. The van der Waals surface area contributed by atoms with Gasteiger partial charge in [-0.3, -0.25) is 9.20 Å². The minimum absolute atomic E-state index is 0.0943. The summed E-state index contributed by atoms with van der Waals surface area (Å²) in [6.07, 6.45) is 1.81. The molecule has 1 amide bonds. The normalized spacial score (nSPS) is 10.9. The zero-order chi connectivity index (χ0) is 16.4. The van der Waals surface area contributed by atoms with Crippen molar-refractivity contribution in [2.45, 2.75) is 6.54 Å². The molecule has 0 atom stereocenters. The average molecular weight is 308 g/mol. The van der Waals surface area contributed by atoms with Gasteiger partial charge in [-0.05, 0) is 24.7 Å². The summed E-state index contributed by atoms with van der Waals surface area (Å²) in [5, 5.41) is 3.19. The van der Waals surface area contributed by atoms with Crippen molar-refractivity contribution in [3.05, 3.63) is 59.9 Å². The van der Waals surface area contributed by atoms with Crippen LogP contribution in [0.3, 0.4) is 0 Å². The van der Waals surface area contributed by atoms with Gasteiger partial charge in [-0.1, -0.05) is 30.3 Å². The van der Waals surface area contributed by atoms with Gasteiger partial charge in [-0.25, -0.2) is 4.98 Å². The number of nitrogens with zero attached hydrogens (tertiary/aromatic N) is 3. The summed E-state index contributed by atoms with van der Waals surface area (Å²) in [4.78, 5) is 18.2. The highest BCUT2D eigenvalue weighted by Gasteiger charge is 2.15. The lowest BCUT2D eigenvalue weighted by Crippen LogP contribution is -2.21. The van der Waals surface area contributed by atoms with Gasteiger partial charge in [-0.15, -0.1) is 0 Å². The summed E-state index contributed by atoms with van der Waals surface area (Å²) in [5.74, 6) is -0.0943. The van der Waals surface area contributed by atoms with Crippen LogP contribution in [0, 0.1) is 0 Å². The molecule has 0 fully saturated rings. The van der Waals surface area contributed by atoms with Crippen LogP contribution in [0.15, 0.2) is 48.7 Å². The zero-order valence-electron chi connectivity index (χ0n) is 13.6. The van der Waals surface area contributed by atoms with Crippen molar-refractivity contribution in [3.63, 3.8) is 0 Å². The Morgan fingerprint density at radius 2 is 1.96 bits per heavy atom. The van der Waals surface area contributed by atoms with Crippen molar-refractivity contribution >= 4 is 11.6 Å². The van der Waals surface area contributed by atoms with E-state index in [4.69, 9.17) is 0 Å². The van der Waals surface area contributed by atoms with Gasteiger partial charge in [0.2, 0.25) is 0 Å². The van der Waals surface area contributed by atoms with Gasteiger partial charge in [0.25, 0.3) is 5.91 Å². The smallest absolute Gasteiger partial charge is 0.273 e. The quantitative estimate of drug-likeness (QED) is 0.805. The minimum atomic E-state index is -0.0943. The van der Waals surface area contributed by atoms with E-state index < -0.39 is 0 Å². The molecule has 23 heavy (non-hydrogen) atoms. The Balaban J connectivity index is 2.17. The molecule has 0 saturated carbocycles. The van der Waals surface area contributed by atoms with Gasteiger partial charge < -0.3 is 10.2 Å². The van der Waals surface area contributed by atoms with Gasteiger partial charge in [0.1, 0.15) is 11.3 Å². The van der Waals surface area contributed by atoms with E-state index >= 15 is 0 Å². The summed E-state index contributed by atoms with van der Waals surface area (Å²) < 4.78 is 1.98. The molecule has 0 bridgehead atoms. The van der Waals surface area contributed by atoms with E-state index in [-0.39, 0.29) is 5.91 Å². The largest absolute Gasteiger partial charge is 0.343 e. The third-order valence-corrected chi connectivity index (χ3v) is 3.78. The van der Waals surface area contributed by atoms with Crippen LogP contribution in [0.1, 0.15) is 16.1 Å². The number of imidazole rings is 1. The van der Waals surface area contributed by atoms with Crippen LogP contribution in [-0.4, -0.2) is 41.3 Å². The first kappa shape index (κ1) is 15.2. The molecule has 0 radical (unpaired) electrons. The van der Waals surface area contributed by atoms with E-state index in [2.05, 4.69) is 22.4 Å². The van der Waals surface area contributed by atoms with Crippen LogP contribution in [-0.2, 0) is 6.54 Å². The summed E-state index contributed by atoms with van der Waals surface area (Å²) >= 11 is 0. The number of fused-ring (bicyclic) bond motifs is 1. The first-order valence-electron chi connectivity index (χ1n) is 7.54. The fourth-order valence-electron chi connectivity index (χ4n) is 2.68. The van der Waals surface area contributed by atoms with Crippen LogP contribution in [0.25, 0.3) is 16.9 Å². The van der Waals surface area contributed by atoms with Gasteiger partial charge >= 0.3 is 0 Å². The Morgan fingerprint density at radius 3 is 2.70 bits per heavy atom. The van der Waals surface area contributed by atoms with Crippen LogP contribution in [0.2, 0.25) is 0 Å². The molecule has 0 saturated heterocycles. The lowest BCUT2D eigenvalue weighted by molar-refractivity contribution is 0.0822. The maximum Gasteiger partial charge on any atom is 0.273 e. The van der Waals surface area contributed by atoms with Crippen LogP contribution >= 0.6 is 0 Å². The lowest BCUT2D eigenvalue weighted by Gasteiger charge is -2.11. The summed E-state index contributed by atoms with van der Waals surface area (Å²) in [5.41, 5.74) is 4.59. The van der Waals surface area contributed by atoms with Crippen molar-refractivity contribution in [2.75, 3.05) is 21.1 Å². The Bertz CT molecular complexity index is 851. The lowest BCUT2D eigenvalue weighted by atomic mass is 10.0. The molecule has 0 unspecified atom stereocenters. The predicted molar refractivity (Wildman–Crippen MR) is 91.4 cm³/mol. The van der Waals surface area contributed by atoms with Crippen LogP contribution in [0.5, 0.6) is 0 Å². The molecule has 0 aliphatic carbocycles. The summed E-state index contributed by atoms with van der Waals surface area (Å²) in [6.45, 7) is 0.782. The second-order valence-corrected chi connectivity index (χ2v) is 5.65. The molecule has 0 aliphatic heterocycles. The number of aromatic nitrogens is 2. The fraction of sp³-hybridized carbons (Fsp3) is 0.222. The zero-order valence-corrected chi connectivity index (χ0v) is 13.6. The molecule has 2 heterocycles. The number of benzene rings is 1. The van der Waals surface area contributed by atoms with Crippen molar-refractivity contribution < 1.29 is 4.79 Å². The Kier molecular flexibility index (Phi) is 4.12. The predicted octanol–water partition coefficient (Wildman–Crippen LogP) is 2.42. The maximum atomic E-state index is 12.2. The first-order valence-corrected chi connectivity index (χ1v) is 7.54. The molecule has 2 aromatic heterocycles. The van der Waals surface area contributed by atoms with E-state index in [1.807, 2.05) is 48.0 Å². The molecule has 0 spiro atoms. The molecule has 1 N–H and O–H groups in total. The van der Waals surface area contributed by atoms with Crippen molar-refractivity contribution in [1.82, 2.24) is 19.6 Å². The highest BCUT2D eigenvalue weighted by Crippen LogP contribution is 2.25. The minimum Gasteiger partial charge on any atom is -0.343 e. The number of carbonyl (C=O) groups is 1. The Morgan fingerprint density at radius 1 is 1.17 bits per heavy atom. The number of hydrogen-bond acceptors (Lipinski definition) is 3. The van der Waals surface area contributed by atoms with Crippen molar-refractivity contribution in [1.29, 1.82) is 0 Å². The van der Waals surface area contributed by atoms with Gasteiger partial charge in [0.15, 0.2) is 0 Å². The molecule has 0 aliphatic rings. The van der Waals surface area contributed by atoms with E-state index in [1.165, 1.54) is 10.5 Å². The van der Waals surface area contributed by atoms with Gasteiger partial charge in [0, 0.05) is 32.4 Å². The Hall–Kier alpha value is -2.66. The third kappa shape index (κ3) is 2.83. The molecule has 3 rings (SSSR count). The Labute approximate surface area is 135 Å². The first-order chi connectivity index (χ1) is 11.1. The van der Waals surface area contributed by atoms with E-state index in [0.29, 0.717) is 5.69 Å². The highest BCUT2D eigenvalue weighted by molar-refractivity contribution is 5.92. The van der Waals surface area contributed by atoms with Gasteiger partial charge in [-0.2, -0.15) is 0 Å². The number of pyridine rings is 1. The number of carbonyl (C=O) groups excluding carboxylic acids is 1. The summed E-state index contributed by atoms with van der Waals surface area (Å²) in [6, 6.07) is 14.2. The van der Waals surface area contributed by atoms with Crippen molar-refractivity contribution in [3.8, 4) is 11.3 Å².